The van der Waals surface area contributed by atoms with Gasteiger partial charge in [0.1, 0.15) is 23.7 Å². The van der Waals surface area contributed by atoms with Gasteiger partial charge in [-0.25, -0.2) is 4.79 Å². The number of para-hydroxylation sites is 1. The fourth-order valence-corrected chi connectivity index (χ4v) is 4.10. The topological polar surface area (TPSA) is 181 Å². The molecule has 0 fully saturated rings. The van der Waals surface area contributed by atoms with Crippen LogP contribution in [0.3, 0.4) is 0 Å². The van der Waals surface area contributed by atoms with E-state index in [1.165, 1.54) is 14.2 Å². The van der Waals surface area contributed by atoms with Crippen molar-refractivity contribution in [3.63, 3.8) is 0 Å². The van der Waals surface area contributed by atoms with Gasteiger partial charge >= 0.3 is 5.97 Å². The number of nitrogens with one attached hydrogen (secondary N) is 4. The smallest absolute Gasteiger partial charge is 0.330 e. The van der Waals surface area contributed by atoms with Crippen molar-refractivity contribution in [2.75, 3.05) is 20.8 Å². The fraction of sp³-hybridized carbons (Fsp3) is 0.269. The number of ether oxygens (including phenoxy) is 2. The molecule has 198 valence electrons. The van der Waals surface area contributed by atoms with Crippen molar-refractivity contribution in [1.29, 1.82) is 5.41 Å². The summed E-state index contributed by atoms with van der Waals surface area (Å²) in [6.07, 6.45) is -0.0836. The number of rotatable bonds is 10. The molecule has 0 saturated carbocycles. The number of fused-ring (bicyclic) bond motifs is 1. The number of carbonyl (C=O) groups excluding carboxylic acids is 3. The highest BCUT2D eigenvalue weighted by Crippen LogP contribution is 2.29. The maximum Gasteiger partial charge on any atom is 0.330 e. The Bertz CT molecular complexity index is 1400. The van der Waals surface area contributed by atoms with Crippen LogP contribution in [0.15, 0.2) is 53.7 Å². The molecule has 2 unspecified atom stereocenters. The molecule has 1 aromatic heterocycles. The van der Waals surface area contributed by atoms with Gasteiger partial charge in [-0.05, 0) is 17.7 Å². The van der Waals surface area contributed by atoms with Gasteiger partial charge in [-0.2, -0.15) is 0 Å². The monoisotopic (exact) mass is 520 g/mol. The summed E-state index contributed by atoms with van der Waals surface area (Å²) in [6.45, 7) is -0.188. The average molecular weight is 521 g/mol. The standard InChI is InChI=1S/C26H28N6O6/c1-36-23-17-5-3-4-6-18(17)30-22(23)25(34)31-20(26(35)37-2)13-29-21(33)12-16-11-19(32-38-16)14-7-9-15(10-8-14)24(27)28/h3-10,16,20,30H,11-13H2,1-2H3,(H3,27,28)(H,29,33)(H,31,34). The molecule has 0 radical (unpaired) electrons. The molecule has 6 N–H and O–H groups in total. The molecule has 2 amide bonds. The van der Waals surface area contributed by atoms with Crippen LogP contribution in [0.4, 0.5) is 0 Å². The first kappa shape index (κ1) is 26.2. The first-order chi connectivity index (χ1) is 18.3. The number of amidine groups is 1. The Labute approximate surface area is 218 Å². The van der Waals surface area contributed by atoms with E-state index in [0.717, 1.165) is 10.9 Å². The van der Waals surface area contributed by atoms with E-state index in [1.807, 2.05) is 12.1 Å². The van der Waals surface area contributed by atoms with Crippen molar-refractivity contribution >= 4 is 40.2 Å². The van der Waals surface area contributed by atoms with Gasteiger partial charge in [0.15, 0.2) is 5.75 Å². The molecule has 1 aliphatic heterocycles. The Hall–Kier alpha value is -4.87. The number of nitrogen functional groups attached to an aromatic ring is 1. The molecule has 0 bridgehead atoms. The van der Waals surface area contributed by atoms with Crippen LogP contribution >= 0.6 is 0 Å². The summed E-state index contributed by atoms with van der Waals surface area (Å²) in [5.41, 5.74) is 8.40. The van der Waals surface area contributed by atoms with Crippen molar-refractivity contribution in [3.8, 4) is 5.75 Å². The molecule has 4 rings (SSSR count). The number of benzene rings is 2. The summed E-state index contributed by atoms with van der Waals surface area (Å²) >= 11 is 0. The Kier molecular flexibility index (Phi) is 7.90. The van der Waals surface area contributed by atoms with E-state index in [1.54, 1.807) is 36.4 Å². The van der Waals surface area contributed by atoms with Crippen molar-refractivity contribution in [2.45, 2.75) is 25.0 Å². The second-order valence-electron chi connectivity index (χ2n) is 8.60. The first-order valence-electron chi connectivity index (χ1n) is 11.8. The van der Waals surface area contributed by atoms with Crippen LogP contribution < -0.4 is 21.1 Å². The highest BCUT2D eigenvalue weighted by atomic mass is 16.6. The van der Waals surface area contributed by atoms with Gasteiger partial charge in [0.25, 0.3) is 5.91 Å². The lowest BCUT2D eigenvalue weighted by Gasteiger charge is -2.17. The second kappa shape index (κ2) is 11.5. The number of aromatic amines is 1. The molecule has 2 aromatic carbocycles. The summed E-state index contributed by atoms with van der Waals surface area (Å²) in [5, 5.41) is 17.5. The molecule has 12 heteroatoms. The number of nitrogens with zero attached hydrogens (tertiary/aromatic N) is 1. The summed E-state index contributed by atoms with van der Waals surface area (Å²) in [7, 11) is 2.65. The van der Waals surface area contributed by atoms with Crippen molar-refractivity contribution in [1.82, 2.24) is 15.6 Å². The Balaban J connectivity index is 1.33. The van der Waals surface area contributed by atoms with E-state index < -0.39 is 24.0 Å². The molecule has 3 aromatic rings. The van der Waals surface area contributed by atoms with Gasteiger partial charge in [-0.3, -0.25) is 15.0 Å². The predicted octanol–water partition coefficient (Wildman–Crippen LogP) is 1.43. The molecule has 0 saturated heterocycles. The normalized spacial score (nSPS) is 15.2. The number of methoxy groups -OCH3 is 2. The Morgan fingerprint density at radius 1 is 1.18 bits per heavy atom. The number of carbonyl (C=O) groups is 3. The van der Waals surface area contributed by atoms with Crippen LogP contribution in [0.25, 0.3) is 10.9 Å². The first-order valence-corrected chi connectivity index (χ1v) is 11.8. The van der Waals surface area contributed by atoms with E-state index in [0.29, 0.717) is 29.0 Å². The van der Waals surface area contributed by atoms with Gasteiger partial charge in [0.2, 0.25) is 5.91 Å². The zero-order chi connectivity index (χ0) is 27.2. The lowest BCUT2D eigenvalue weighted by Crippen LogP contribution is -2.49. The molecule has 38 heavy (non-hydrogen) atoms. The number of amides is 2. The molecule has 1 aliphatic rings. The number of esters is 1. The molecule has 0 aliphatic carbocycles. The van der Waals surface area contributed by atoms with Crippen LogP contribution in [-0.4, -0.2) is 67.2 Å². The maximum absolute atomic E-state index is 13.0. The number of hydrogen-bond acceptors (Lipinski definition) is 8. The minimum atomic E-state index is -1.14. The summed E-state index contributed by atoms with van der Waals surface area (Å²) in [5.74, 6) is -1.38. The highest BCUT2D eigenvalue weighted by Gasteiger charge is 2.28. The summed E-state index contributed by atoms with van der Waals surface area (Å²) in [6, 6.07) is 13.1. The number of H-pyrrole nitrogens is 1. The number of nitrogens with two attached hydrogens (primary N) is 1. The van der Waals surface area contributed by atoms with Gasteiger partial charge in [0, 0.05) is 29.4 Å². The van der Waals surface area contributed by atoms with Gasteiger partial charge in [-0.1, -0.05) is 41.6 Å². The third-order valence-electron chi connectivity index (χ3n) is 6.06. The Morgan fingerprint density at radius 2 is 1.92 bits per heavy atom. The molecule has 12 nitrogen and oxygen atoms in total. The third-order valence-corrected chi connectivity index (χ3v) is 6.06. The Morgan fingerprint density at radius 3 is 2.61 bits per heavy atom. The number of oxime groups is 1. The van der Waals surface area contributed by atoms with Crippen molar-refractivity contribution in [3.05, 3.63) is 65.4 Å². The minimum absolute atomic E-state index is 0.00376. The summed E-state index contributed by atoms with van der Waals surface area (Å²) in [4.78, 5) is 46.3. The summed E-state index contributed by atoms with van der Waals surface area (Å²) < 4.78 is 10.2. The SMILES string of the molecule is COC(=O)C(CNC(=O)CC1CC(c2ccc(C(=N)N)cc2)=NO1)NC(=O)c1[nH]c2ccccc2c1OC. The lowest BCUT2D eigenvalue weighted by atomic mass is 10.0. The maximum atomic E-state index is 13.0. The van der Waals surface area contributed by atoms with Crippen LogP contribution in [0.2, 0.25) is 0 Å². The third kappa shape index (κ3) is 5.75. The second-order valence-corrected chi connectivity index (χ2v) is 8.60. The molecule has 2 heterocycles. The molecule has 2 atom stereocenters. The zero-order valence-corrected chi connectivity index (χ0v) is 20.9. The largest absolute Gasteiger partial charge is 0.494 e. The van der Waals surface area contributed by atoms with E-state index in [-0.39, 0.29) is 30.4 Å². The van der Waals surface area contributed by atoms with Crippen LogP contribution in [0.5, 0.6) is 5.75 Å². The molecular formula is C26H28N6O6. The van der Waals surface area contributed by atoms with Gasteiger partial charge in [-0.15, -0.1) is 0 Å². The van der Waals surface area contributed by atoms with E-state index in [4.69, 9.17) is 25.5 Å². The van der Waals surface area contributed by atoms with Crippen molar-refractivity contribution < 1.29 is 28.7 Å². The van der Waals surface area contributed by atoms with Crippen LogP contribution in [-0.2, 0) is 19.2 Å². The average Bonchev–Trinajstić information content (AvgIpc) is 3.55. The lowest BCUT2D eigenvalue weighted by molar-refractivity contribution is -0.142. The van der Waals surface area contributed by atoms with E-state index in [2.05, 4.69) is 20.8 Å². The highest BCUT2D eigenvalue weighted by molar-refractivity contribution is 6.05. The van der Waals surface area contributed by atoms with Crippen LogP contribution in [0, 0.1) is 5.41 Å². The number of aromatic nitrogens is 1. The van der Waals surface area contributed by atoms with Gasteiger partial charge in [0.05, 0.1) is 26.4 Å². The predicted molar refractivity (Wildman–Crippen MR) is 139 cm³/mol. The van der Waals surface area contributed by atoms with E-state index in [9.17, 15) is 14.4 Å². The molecular weight excluding hydrogens is 492 g/mol. The number of hydrogen-bond donors (Lipinski definition) is 5. The zero-order valence-electron chi connectivity index (χ0n) is 20.9. The van der Waals surface area contributed by atoms with Crippen LogP contribution in [0.1, 0.15) is 34.5 Å². The molecule has 0 spiro atoms. The van der Waals surface area contributed by atoms with Crippen molar-refractivity contribution in [2.24, 2.45) is 10.9 Å². The van der Waals surface area contributed by atoms with E-state index >= 15 is 0 Å². The fourth-order valence-electron chi connectivity index (χ4n) is 4.10. The minimum Gasteiger partial charge on any atom is -0.494 e. The quantitative estimate of drug-likeness (QED) is 0.152. The van der Waals surface area contributed by atoms with Gasteiger partial charge < -0.3 is 35.7 Å².